The van der Waals surface area contributed by atoms with E-state index in [4.69, 9.17) is 10.5 Å². The zero-order valence-electron chi connectivity index (χ0n) is 8.93. The first-order valence-corrected chi connectivity index (χ1v) is 5.60. The zero-order chi connectivity index (χ0) is 10.5. The Morgan fingerprint density at radius 1 is 1.47 bits per heavy atom. The van der Waals surface area contributed by atoms with Crippen LogP contribution in [-0.4, -0.2) is 23.7 Å². The van der Waals surface area contributed by atoms with Crippen LogP contribution in [0.1, 0.15) is 24.8 Å². The van der Waals surface area contributed by atoms with Crippen LogP contribution in [0.4, 0.5) is 0 Å². The van der Waals surface area contributed by atoms with E-state index < -0.39 is 0 Å². The third-order valence-corrected chi connectivity index (χ3v) is 2.84. The van der Waals surface area contributed by atoms with Crippen LogP contribution < -0.4 is 5.73 Å². The van der Waals surface area contributed by atoms with Gasteiger partial charge in [0.1, 0.15) is 0 Å². The Balaban J connectivity index is 1.79. The largest absolute Gasteiger partial charge is 0.378 e. The molecule has 82 valence electrons. The molecule has 1 fully saturated rings. The summed E-state index contributed by atoms with van der Waals surface area (Å²) in [6.07, 6.45) is 8.27. The van der Waals surface area contributed by atoms with Gasteiger partial charge in [0.15, 0.2) is 0 Å². The van der Waals surface area contributed by atoms with Crippen molar-refractivity contribution in [1.29, 1.82) is 0 Å². The molecule has 0 spiro atoms. The molecule has 2 atom stereocenters. The lowest BCUT2D eigenvalue weighted by Gasteiger charge is -2.15. The molecule has 0 bridgehead atoms. The van der Waals surface area contributed by atoms with Crippen LogP contribution in [0.5, 0.6) is 0 Å². The van der Waals surface area contributed by atoms with E-state index in [0.717, 1.165) is 19.4 Å². The van der Waals surface area contributed by atoms with Gasteiger partial charge in [-0.3, -0.25) is 4.98 Å². The lowest BCUT2D eigenvalue weighted by atomic mass is 10.0. The predicted molar refractivity (Wildman–Crippen MR) is 59.5 cm³/mol. The van der Waals surface area contributed by atoms with Crippen molar-refractivity contribution >= 4 is 0 Å². The minimum absolute atomic E-state index is 0.204. The Morgan fingerprint density at radius 2 is 2.27 bits per heavy atom. The van der Waals surface area contributed by atoms with Gasteiger partial charge >= 0.3 is 0 Å². The first kappa shape index (κ1) is 10.6. The van der Waals surface area contributed by atoms with Crippen molar-refractivity contribution in [2.75, 3.05) is 6.61 Å². The van der Waals surface area contributed by atoms with E-state index in [1.807, 2.05) is 24.5 Å². The van der Waals surface area contributed by atoms with E-state index in [1.54, 1.807) is 0 Å². The molecule has 2 unspecified atom stereocenters. The number of nitrogens with zero attached hydrogens (tertiary/aromatic N) is 1. The summed E-state index contributed by atoms with van der Waals surface area (Å²) >= 11 is 0. The molecule has 1 aliphatic rings. The van der Waals surface area contributed by atoms with Gasteiger partial charge in [0.25, 0.3) is 0 Å². The molecule has 3 heteroatoms. The van der Waals surface area contributed by atoms with Crippen LogP contribution in [0, 0.1) is 0 Å². The number of ether oxygens (including phenoxy) is 1. The molecule has 0 aromatic carbocycles. The molecule has 0 amide bonds. The molecular weight excluding hydrogens is 188 g/mol. The van der Waals surface area contributed by atoms with Gasteiger partial charge < -0.3 is 10.5 Å². The molecule has 15 heavy (non-hydrogen) atoms. The summed E-state index contributed by atoms with van der Waals surface area (Å²) < 4.78 is 5.57. The second kappa shape index (κ2) is 5.24. The highest BCUT2D eigenvalue weighted by Crippen LogP contribution is 2.17. The van der Waals surface area contributed by atoms with Gasteiger partial charge in [-0.15, -0.1) is 0 Å². The highest BCUT2D eigenvalue weighted by Gasteiger charge is 2.18. The van der Waals surface area contributed by atoms with E-state index in [1.165, 1.54) is 18.4 Å². The van der Waals surface area contributed by atoms with E-state index in [9.17, 15) is 0 Å². The molecule has 2 N–H and O–H groups in total. The lowest BCUT2D eigenvalue weighted by Crippen LogP contribution is -2.28. The van der Waals surface area contributed by atoms with Crippen LogP contribution in [0.15, 0.2) is 24.5 Å². The highest BCUT2D eigenvalue weighted by molar-refractivity contribution is 5.11. The molecule has 3 nitrogen and oxygen atoms in total. The number of hydrogen-bond donors (Lipinski definition) is 1. The average Bonchev–Trinajstić information content (AvgIpc) is 2.71. The van der Waals surface area contributed by atoms with Crippen molar-refractivity contribution in [2.45, 2.75) is 37.8 Å². The van der Waals surface area contributed by atoms with Crippen molar-refractivity contribution in [3.63, 3.8) is 0 Å². The molecule has 1 aliphatic heterocycles. The second-order valence-corrected chi connectivity index (χ2v) is 4.19. The summed E-state index contributed by atoms with van der Waals surface area (Å²) in [7, 11) is 0. The first-order valence-electron chi connectivity index (χ1n) is 5.60. The Morgan fingerprint density at radius 3 is 2.93 bits per heavy atom. The smallest absolute Gasteiger partial charge is 0.0590 e. The third kappa shape index (κ3) is 3.29. The number of rotatable bonds is 4. The summed E-state index contributed by atoms with van der Waals surface area (Å²) in [6, 6.07) is 4.25. The van der Waals surface area contributed by atoms with Crippen molar-refractivity contribution in [1.82, 2.24) is 4.98 Å². The fraction of sp³-hybridized carbons (Fsp3) is 0.583. The fourth-order valence-corrected chi connectivity index (χ4v) is 2.07. The first-order chi connectivity index (χ1) is 7.34. The number of hydrogen-bond acceptors (Lipinski definition) is 3. The molecule has 1 aromatic rings. The van der Waals surface area contributed by atoms with E-state index in [2.05, 4.69) is 4.98 Å². The summed E-state index contributed by atoms with van der Waals surface area (Å²) in [5.74, 6) is 0. The molecule has 1 aromatic heterocycles. The van der Waals surface area contributed by atoms with Gasteiger partial charge in [-0.05, 0) is 43.4 Å². The maximum Gasteiger partial charge on any atom is 0.0590 e. The van der Waals surface area contributed by atoms with Crippen LogP contribution >= 0.6 is 0 Å². The zero-order valence-corrected chi connectivity index (χ0v) is 8.93. The van der Waals surface area contributed by atoms with Crippen LogP contribution in [-0.2, 0) is 11.2 Å². The van der Waals surface area contributed by atoms with Crippen LogP contribution in [0.25, 0.3) is 0 Å². The van der Waals surface area contributed by atoms with Gasteiger partial charge in [0, 0.05) is 25.0 Å². The van der Waals surface area contributed by atoms with Gasteiger partial charge in [-0.1, -0.05) is 0 Å². The maximum atomic E-state index is 6.09. The summed E-state index contributed by atoms with van der Waals surface area (Å²) in [5.41, 5.74) is 7.34. The normalized spacial score (nSPS) is 22.9. The number of pyridine rings is 1. The van der Waals surface area contributed by atoms with Crippen LogP contribution in [0.3, 0.4) is 0 Å². The molecule has 0 aliphatic carbocycles. The van der Waals surface area contributed by atoms with E-state index >= 15 is 0 Å². The van der Waals surface area contributed by atoms with Crippen molar-refractivity contribution in [3.05, 3.63) is 30.1 Å². The summed E-state index contributed by atoms with van der Waals surface area (Å²) in [4.78, 5) is 3.99. The Bertz CT molecular complexity index is 283. The van der Waals surface area contributed by atoms with Crippen molar-refractivity contribution in [2.24, 2.45) is 5.73 Å². The maximum absolute atomic E-state index is 6.09. The summed E-state index contributed by atoms with van der Waals surface area (Å²) in [6.45, 7) is 0.909. The minimum atomic E-state index is 0.204. The SMILES string of the molecule is NC(Cc1ccncc1)CC1CCCO1. The third-order valence-electron chi connectivity index (χ3n) is 2.84. The average molecular weight is 206 g/mol. The Hall–Kier alpha value is -0.930. The predicted octanol–water partition coefficient (Wildman–Crippen LogP) is 1.52. The molecule has 2 heterocycles. The van der Waals surface area contributed by atoms with E-state index in [-0.39, 0.29) is 6.04 Å². The highest BCUT2D eigenvalue weighted by atomic mass is 16.5. The van der Waals surface area contributed by atoms with Crippen molar-refractivity contribution in [3.8, 4) is 0 Å². The molecule has 0 saturated carbocycles. The van der Waals surface area contributed by atoms with Gasteiger partial charge in [0.05, 0.1) is 6.10 Å². The molecule has 1 saturated heterocycles. The molecule has 0 radical (unpaired) electrons. The Labute approximate surface area is 90.7 Å². The minimum Gasteiger partial charge on any atom is -0.378 e. The topological polar surface area (TPSA) is 48.1 Å². The standard InChI is InChI=1S/C12H18N2O/c13-11(9-12-2-1-7-15-12)8-10-3-5-14-6-4-10/h3-6,11-12H,1-2,7-9,13H2. The van der Waals surface area contributed by atoms with Gasteiger partial charge in [-0.25, -0.2) is 0 Å². The van der Waals surface area contributed by atoms with E-state index in [0.29, 0.717) is 6.10 Å². The quantitative estimate of drug-likeness (QED) is 0.812. The van der Waals surface area contributed by atoms with Gasteiger partial charge in [-0.2, -0.15) is 0 Å². The number of nitrogens with two attached hydrogens (primary N) is 1. The molecular formula is C12H18N2O. The Kier molecular flexibility index (Phi) is 3.69. The van der Waals surface area contributed by atoms with Crippen LogP contribution in [0.2, 0.25) is 0 Å². The van der Waals surface area contributed by atoms with Crippen molar-refractivity contribution < 1.29 is 4.74 Å². The monoisotopic (exact) mass is 206 g/mol. The number of aromatic nitrogens is 1. The molecule has 2 rings (SSSR count). The summed E-state index contributed by atoms with van der Waals surface area (Å²) in [5, 5.41) is 0. The fourth-order valence-electron chi connectivity index (χ4n) is 2.07. The van der Waals surface area contributed by atoms with Gasteiger partial charge in [0.2, 0.25) is 0 Å². The lowest BCUT2D eigenvalue weighted by molar-refractivity contribution is 0.0983. The second-order valence-electron chi connectivity index (χ2n) is 4.19.